The van der Waals surface area contributed by atoms with Gasteiger partial charge in [0.1, 0.15) is 0 Å². The van der Waals surface area contributed by atoms with Crippen LogP contribution in [0.15, 0.2) is 39.1 Å². The van der Waals surface area contributed by atoms with Gasteiger partial charge in [0, 0.05) is 23.5 Å². The van der Waals surface area contributed by atoms with Gasteiger partial charge in [-0.2, -0.15) is 0 Å². The van der Waals surface area contributed by atoms with Gasteiger partial charge in [0.05, 0.1) is 0 Å². The summed E-state index contributed by atoms with van der Waals surface area (Å²) >= 11 is 1.50. The van der Waals surface area contributed by atoms with Crippen molar-refractivity contribution in [1.82, 2.24) is 20.1 Å². The van der Waals surface area contributed by atoms with Crippen molar-refractivity contribution in [1.29, 1.82) is 0 Å². The molecule has 0 aliphatic carbocycles. The first-order chi connectivity index (χ1) is 9.97. The quantitative estimate of drug-likeness (QED) is 0.861. The monoisotopic (exact) mass is 306 g/mol. The minimum atomic E-state index is -0.162. The molecule has 1 heterocycles. The molecule has 2 aromatic rings. The van der Waals surface area contributed by atoms with Gasteiger partial charge in [-0.3, -0.25) is 4.57 Å². The minimum absolute atomic E-state index is 0.0910. The topological polar surface area (TPSA) is 62.7 Å². The molecule has 21 heavy (non-hydrogen) atoms. The van der Waals surface area contributed by atoms with E-state index in [2.05, 4.69) is 53.6 Å². The lowest BCUT2D eigenvalue weighted by molar-refractivity contribution is 0.534. The zero-order valence-electron chi connectivity index (χ0n) is 12.9. The Morgan fingerprint density at radius 1 is 1.24 bits per heavy atom. The van der Waals surface area contributed by atoms with E-state index in [1.165, 1.54) is 17.3 Å². The van der Waals surface area contributed by atoms with Gasteiger partial charge < -0.3 is 5.32 Å². The van der Waals surface area contributed by atoms with E-state index in [0.29, 0.717) is 11.2 Å². The van der Waals surface area contributed by atoms with Crippen LogP contribution in [0.4, 0.5) is 0 Å². The van der Waals surface area contributed by atoms with Crippen LogP contribution in [-0.2, 0) is 6.54 Å². The summed E-state index contributed by atoms with van der Waals surface area (Å²) in [5.74, 6) is 0. The summed E-state index contributed by atoms with van der Waals surface area (Å²) in [5, 5.41) is 10.7. The van der Waals surface area contributed by atoms with Crippen LogP contribution in [0.25, 0.3) is 0 Å². The van der Waals surface area contributed by atoms with E-state index in [4.69, 9.17) is 0 Å². The van der Waals surface area contributed by atoms with Crippen LogP contribution in [0.2, 0.25) is 0 Å². The molecule has 2 N–H and O–H groups in total. The maximum absolute atomic E-state index is 11.7. The molecule has 0 bridgehead atoms. The average molecular weight is 306 g/mol. The number of H-pyrrole nitrogens is 1. The molecule has 2 rings (SSSR count). The molecule has 1 aromatic heterocycles. The summed E-state index contributed by atoms with van der Waals surface area (Å²) in [4.78, 5) is 12.8. The van der Waals surface area contributed by atoms with Crippen molar-refractivity contribution >= 4 is 11.8 Å². The number of nitrogens with one attached hydrogen (secondary N) is 2. The molecule has 1 aromatic carbocycles. The molecule has 0 saturated heterocycles. The lowest BCUT2D eigenvalue weighted by Gasteiger charge is -2.10. The zero-order chi connectivity index (χ0) is 15.4. The third-order valence-corrected chi connectivity index (χ3v) is 4.01. The van der Waals surface area contributed by atoms with Gasteiger partial charge in [-0.1, -0.05) is 26.0 Å². The van der Waals surface area contributed by atoms with E-state index in [9.17, 15) is 4.79 Å². The third kappa shape index (κ3) is 4.22. The van der Waals surface area contributed by atoms with E-state index in [1.807, 2.05) is 13.8 Å². The Morgan fingerprint density at radius 3 is 2.48 bits per heavy atom. The standard InChI is InChI=1S/C15H22N4OS/c1-10(2)16-9-12-5-7-13(8-6-12)21-15-18-17-14(20)19(15)11(3)4/h5-8,10-11,16H,9H2,1-4H3,(H,17,20). The summed E-state index contributed by atoms with van der Waals surface area (Å²) in [7, 11) is 0. The van der Waals surface area contributed by atoms with Crippen molar-refractivity contribution in [3.63, 3.8) is 0 Å². The minimum Gasteiger partial charge on any atom is -0.310 e. The second-order valence-corrected chi connectivity index (χ2v) is 6.60. The highest BCUT2D eigenvalue weighted by Crippen LogP contribution is 2.26. The first-order valence-electron chi connectivity index (χ1n) is 7.14. The molecule has 6 heteroatoms. The van der Waals surface area contributed by atoms with Crippen molar-refractivity contribution in [2.24, 2.45) is 0 Å². The van der Waals surface area contributed by atoms with Crippen molar-refractivity contribution in [3.8, 4) is 0 Å². The summed E-state index contributed by atoms with van der Waals surface area (Å²) in [6.07, 6.45) is 0. The van der Waals surface area contributed by atoms with Crippen molar-refractivity contribution < 1.29 is 0 Å². The van der Waals surface area contributed by atoms with Crippen molar-refractivity contribution in [3.05, 3.63) is 40.3 Å². The fourth-order valence-electron chi connectivity index (χ4n) is 1.92. The molecular weight excluding hydrogens is 284 g/mol. The highest BCUT2D eigenvalue weighted by atomic mass is 32.2. The Kier molecular flexibility index (Phi) is 5.25. The van der Waals surface area contributed by atoms with Gasteiger partial charge in [-0.25, -0.2) is 9.89 Å². The molecule has 114 valence electrons. The lowest BCUT2D eigenvalue weighted by Crippen LogP contribution is -2.21. The van der Waals surface area contributed by atoms with E-state index in [1.54, 1.807) is 4.57 Å². The Balaban J connectivity index is 2.09. The zero-order valence-corrected chi connectivity index (χ0v) is 13.7. The first kappa shape index (κ1) is 15.9. The average Bonchev–Trinajstić information content (AvgIpc) is 2.79. The Morgan fingerprint density at radius 2 is 1.90 bits per heavy atom. The van der Waals surface area contributed by atoms with Gasteiger partial charge in [-0.15, -0.1) is 5.10 Å². The molecule has 0 atom stereocenters. The smallest absolute Gasteiger partial charge is 0.310 e. The molecule has 5 nitrogen and oxygen atoms in total. The fourth-order valence-corrected chi connectivity index (χ4v) is 2.89. The van der Waals surface area contributed by atoms with E-state index in [0.717, 1.165) is 11.4 Å². The molecule has 0 fully saturated rings. The molecule has 0 saturated carbocycles. The second kappa shape index (κ2) is 6.95. The van der Waals surface area contributed by atoms with Gasteiger partial charge in [0.2, 0.25) is 0 Å². The molecule has 0 amide bonds. The first-order valence-corrected chi connectivity index (χ1v) is 7.96. The number of aromatic nitrogens is 3. The van der Waals surface area contributed by atoms with E-state index >= 15 is 0 Å². The summed E-state index contributed by atoms with van der Waals surface area (Å²) in [5.41, 5.74) is 1.08. The highest BCUT2D eigenvalue weighted by Gasteiger charge is 2.12. The predicted octanol–water partition coefficient (Wildman–Crippen LogP) is 2.80. The van der Waals surface area contributed by atoms with Gasteiger partial charge in [0.15, 0.2) is 5.16 Å². The Hall–Kier alpha value is -1.53. The van der Waals surface area contributed by atoms with Crippen LogP contribution in [0.3, 0.4) is 0 Å². The number of benzene rings is 1. The number of hydrogen-bond donors (Lipinski definition) is 2. The molecule has 0 radical (unpaired) electrons. The number of rotatable bonds is 6. The summed E-state index contributed by atoms with van der Waals surface area (Å²) < 4.78 is 1.67. The van der Waals surface area contributed by atoms with Crippen LogP contribution < -0.4 is 11.0 Å². The van der Waals surface area contributed by atoms with E-state index < -0.39 is 0 Å². The number of hydrogen-bond acceptors (Lipinski definition) is 4. The van der Waals surface area contributed by atoms with Crippen molar-refractivity contribution in [2.45, 2.75) is 56.4 Å². The second-order valence-electron chi connectivity index (χ2n) is 5.56. The summed E-state index contributed by atoms with van der Waals surface area (Å²) in [6.45, 7) is 9.07. The third-order valence-electron chi connectivity index (χ3n) is 3.04. The van der Waals surface area contributed by atoms with Crippen LogP contribution in [-0.4, -0.2) is 20.8 Å². The maximum atomic E-state index is 11.7. The lowest BCUT2D eigenvalue weighted by atomic mass is 10.2. The Labute approximate surface area is 129 Å². The fraction of sp³-hybridized carbons (Fsp3) is 0.467. The van der Waals surface area contributed by atoms with Crippen molar-refractivity contribution in [2.75, 3.05) is 0 Å². The molecule has 0 spiro atoms. The number of nitrogens with zero attached hydrogens (tertiary/aromatic N) is 2. The van der Waals surface area contributed by atoms with Crippen LogP contribution in [0, 0.1) is 0 Å². The van der Waals surface area contributed by atoms with E-state index in [-0.39, 0.29) is 11.7 Å². The maximum Gasteiger partial charge on any atom is 0.344 e. The highest BCUT2D eigenvalue weighted by molar-refractivity contribution is 7.99. The normalized spacial score (nSPS) is 11.5. The van der Waals surface area contributed by atoms with Gasteiger partial charge in [-0.05, 0) is 43.3 Å². The number of aromatic amines is 1. The summed E-state index contributed by atoms with van der Waals surface area (Å²) in [6, 6.07) is 8.89. The predicted molar refractivity (Wildman–Crippen MR) is 85.8 cm³/mol. The van der Waals surface area contributed by atoms with Gasteiger partial charge in [0.25, 0.3) is 0 Å². The molecular formula is C15H22N4OS. The van der Waals surface area contributed by atoms with Gasteiger partial charge >= 0.3 is 5.69 Å². The Bertz CT molecular complexity index is 628. The van der Waals surface area contributed by atoms with Crippen LogP contribution >= 0.6 is 11.8 Å². The van der Waals surface area contributed by atoms with Crippen LogP contribution in [0.5, 0.6) is 0 Å². The molecule has 0 unspecified atom stereocenters. The SMILES string of the molecule is CC(C)NCc1ccc(Sc2n[nH]c(=O)n2C(C)C)cc1. The molecule has 0 aliphatic heterocycles. The largest absolute Gasteiger partial charge is 0.344 e. The van der Waals surface area contributed by atoms with Crippen LogP contribution in [0.1, 0.15) is 39.3 Å². The molecule has 0 aliphatic rings.